The molecule has 0 heterocycles. The first-order valence-electron chi connectivity index (χ1n) is 4.78. The fourth-order valence-electron chi connectivity index (χ4n) is 1.15. The molecule has 0 radical (unpaired) electrons. The molecule has 0 aromatic rings. The molecule has 1 nitrogen and oxygen atoms in total. The van der Waals surface area contributed by atoms with E-state index in [1.54, 1.807) is 13.0 Å². The van der Waals surface area contributed by atoms with E-state index in [1.165, 1.54) is 0 Å². The highest BCUT2D eigenvalue weighted by molar-refractivity contribution is 5.22. The second-order valence-electron chi connectivity index (χ2n) is 3.15. The summed E-state index contributed by atoms with van der Waals surface area (Å²) in [6.45, 7) is 5.82. The van der Waals surface area contributed by atoms with Crippen LogP contribution in [0, 0.1) is 5.92 Å². The van der Waals surface area contributed by atoms with E-state index in [2.05, 4.69) is 0 Å². The van der Waals surface area contributed by atoms with Crippen LogP contribution < -0.4 is 0 Å². The molecule has 2 heteroatoms. The monoisotopic (exact) mass is 186 g/mol. The van der Waals surface area contributed by atoms with E-state index < -0.39 is 0 Å². The first-order chi connectivity index (χ1) is 6.15. The van der Waals surface area contributed by atoms with Gasteiger partial charge in [0.2, 0.25) is 0 Å². The minimum atomic E-state index is -0.0992. The van der Waals surface area contributed by atoms with Crippen LogP contribution in [-0.4, -0.2) is 11.7 Å². The van der Waals surface area contributed by atoms with Gasteiger partial charge in [-0.25, -0.2) is 4.39 Å². The van der Waals surface area contributed by atoms with E-state index in [0.29, 0.717) is 12.8 Å². The van der Waals surface area contributed by atoms with Crippen LogP contribution >= 0.6 is 0 Å². The van der Waals surface area contributed by atoms with Gasteiger partial charge in [-0.15, -0.1) is 0 Å². The summed E-state index contributed by atoms with van der Waals surface area (Å²) >= 11 is 0. The molecular formula is C11H19FO. The molecule has 0 bridgehead atoms. The van der Waals surface area contributed by atoms with Gasteiger partial charge in [-0.05, 0) is 37.3 Å². The molecular weight excluding hydrogens is 167 g/mol. The molecule has 1 atom stereocenters. The fraction of sp³-hybridized carbons (Fsp3) is 0.636. The largest absolute Gasteiger partial charge is 0.396 e. The van der Waals surface area contributed by atoms with Crippen molar-refractivity contribution in [1.82, 2.24) is 0 Å². The minimum absolute atomic E-state index is 0.0992. The second-order valence-corrected chi connectivity index (χ2v) is 3.15. The Hall–Kier alpha value is -0.630. The van der Waals surface area contributed by atoms with Gasteiger partial charge < -0.3 is 5.11 Å². The SMILES string of the molecule is CC=C(C=C(F)CC)C(C)CCO. The summed E-state index contributed by atoms with van der Waals surface area (Å²) in [7, 11) is 0. The molecule has 0 amide bonds. The zero-order chi connectivity index (χ0) is 10.3. The van der Waals surface area contributed by atoms with E-state index in [9.17, 15) is 4.39 Å². The van der Waals surface area contributed by atoms with Crippen LogP contribution in [0.2, 0.25) is 0 Å². The van der Waals surface area contributed by atoms with Crippen LogP contribution in [0.5, 0.6) is 0 Å². The van der Waals surface area contributed by atoms with Gasteiger partial charge in [-0.2, -0.15) is 0 Å². The summed E-state index contributed by atoms with van der Waals surface area (Å²) in [5.41, 5.74) is 0.966. The van der Waals surface area contributed by atoms with E-state index in [-0.39, 0.29) is 18.4 Å². The zero-order valence-corrected chi connectivity index (χ0v) is 8.68. The minimum Gasteiger partial charge on any atom is -0.396 e. The van der Waals surface area contributed by atoms with Crippen LogP contribution in [0.1, 0.15) is 33.6 Å². The van der Waals surface area contributed by atoms with Crippen molar-refractivity contribution >= 4 is 0 Å². The molecule has 0 aliphatic rings. The van der Waals surface area contributed by atoms with Gasteiger partial charge >= 0.3 is 0 Å². The van der Waals surface area contributed by atoms with Crippen molar-refractivity contribution in [2.45, 2.75) is 33.6 Å². The van der Waals surface area contributed by atoms with Crippen molar-refractivity contribution in [2.75, 3.05) is 6.61 Å². The van der Waals surface area contributed by atoms with Crippen LogP contribution in [0.3, 0.4) is 0 Å². The summed E-state index contributed by atoms with van der Waals surface area (Å²) in [5.74, 6) is 0.130. The Balaban J connectivity index is 4.35. The van der Waals surface area contributed by atoms with Crippen molar-refractivity contribution in [1.29, 1.82) is 0 Å². The Morgan fingerprint density at radius 1 is 1.54 bits per heavy atom. The van der Waals surface area contributed by atoms with Crippen LogP contribution in [-0.2, 0) is 0 Å². The predicted octanol–water partition coefficient (Wildman–Crippen LogP) is 3.21. The van der Waals surface area contributed by atoms with E-state index in [1.807, 2.05) is 19.9 Å². The quantitative estimate of drug-likeness (QED) is 0.654. The second kappa shape index (κ2) is 6.84. The molecule has 76 valence electrons. The molecule has 0 aliphatic heterocycles. The van der Waals surface area contributed by atoms with Crippen molar-refractivity contribution in [3.05, 3.63) is 23.6 Å². The lowest BCUT2D eigenvalue weighted by Gasteiger charge is -2.10. The number of hydrogen-bond acceptors (Lipinski definition) is 1. The third-order valence-electron chi connectivity index (χ3n) is 2.13. The van der Waals surface area contributed by atoms with Crippen molar-refractivity contribution in [3.8, 4) is 0 Å². The molecule has 1 N–H and O–H groups in total. The highest BCUT2D eigenvalue weighted by Gasteiger charge is 2.05. The third-order valence-corrected chi connectivity index (χ3v) is 2.13. The summed E-state index contributed by atoms with van der Waals surface area (Å²) < 4.78 is 12.9. The predicted molar refractivity (Wildman–Crippen MR) is 54.1 cm³/mol. The van der Waals surface area contributed by atoms with Crippen molar-refractivity contribution < 1.29 is 9.50 Å². The Bertz CT molecular complexity index is 194. The maximum atomic E-state index is 12.9. The van der Waals surface area contributed by atoms with Gasteiger partial charge in [0, 0.05) is 6.61 Å². The average molecular weight is 186 g/mol. The van der Waals surface area contributed by atoms with E-state index in [0.717, 1.165) is 5.57 Å². The molecule has 1 unspecified atom stereocenters. The average Bonchev–Trinajstić information content (AvgIpc) is 2.14. The maximum absolute atomic E-state index is 12.9. The number of rotatable bonds is 5. The van der Waals surface area contributed by atoms with Gasteiger partial charge in [-0.1, -0.05) is 19.9 Å². The lowest BCUT2D eigenvalue weighted by atomic mass is 9.97. The van der Waals surface area contributed by atoms with Crippen LogP contribution in [0.4, 0.5) is 4.39 Å². The maximum Gasteiger partial charge on any atom is 0.0999 e. The summed E-state index contributed by atoms with van der Waals surface area (Å²) in [4.78, 5) is 0. The molecule has 0 aliphatic carbocycles. The molecule has 0 saturated heterocycles. The van der Waals surface area contributed by atoms with Gasteiger partial charge in [0.25, 0.3) is 0 Å². The molecule has 0 spiro atoms. The highest BCUT2D eigenvalue weighted by atomic mass is 19.1. The number of aliphatic hydroxyl groups excluding tert-OH is 1. The number of halogens is 1. The number of aliphatic hydroxyl groups is 1. The lowest BCUT2D eigenvalue weighted by Crippen LogP contribution is -2.00. The zero-order valence-electron chi connectivity index (χ0n) is 8.68. The number of allylic oxidation sites excluding steroid dienone is 4. The normalized spacial score (nSPS) is 16.1. The summed E-state index contributed by atoms with van der Waals surface area (Å²) in [6.07, 6.45) is 4.59. The molecule has 0 aromatic heterocycles. The first-order valence-corrected chi connectivity index (χ1v) is 4.78. The summed E-state index contributed by atoms with van der Waals surface area (Å²) in [6, 6.07) is 0. The lowest BCUT2D eigenvalue weighted by molar-refractivity contribution is 0.272. The van der Waals surface area contributed by atoms with Gasteiger partial charge in [0.05, 0.1) is 5.83 Å². The van der Waals surface area contributed by atoms with Gasteiger partial charge in [0.1, 0.15) is 0 Å². The Kier molecular flexibility index (Phi) is 6.51. The number of hydrogen-bond donors (Lipinski definition) is 1. The topological polar surface area (TPSA) is 20.2 Å². The summed E-state index contributed by atoms with van der Waals surface area (Å²) in [5, 5.41) is 8.73. The third kappa shape index (κ3) is 4.83. The van der Waals surface area contributed by atoms with Gasteiger partial charge in [-0.3, -0.25) is 0 Å². The fourth-order valence-corrected chi connectivity index (χ4v) is 1.15. The van der Waals surface area contributed by atoms with E-state index >= 15 is 0 Å². The van der Waals surface area contributed by atoms with Crippen LogP contribution in [0.25, 0.3) is 0 Å². The first kappa shape index (κ1) is 12.4. The molecule has 0 aromatic carbocycles. The molecule has 0 fully saturated rings. The molecule has 0 saturated carbocycles. The van der Waals surface area contributed by atoms with Crippen LogP contribution in [0.15, 0.2) is 23.6 Å². The van der Waals surface area contributed by atoms with E-state index in [4.69, 9.17) is 5.11 Å². The molecule has 13 heavy (non-hydrogen) atoms. The Morgan fingerprint density at radius 3 is 2.54 bits per heavy atom. The molecule has 0 rings (SSSR count). The smallest absolute Gasteiger partial charge is 0.0999 e. The van der Waals surface area contributed by atoms with Crippen molar-refractivity contribution in [3.63, 3.8) is 0 Å². The van der Waals surface area contributed by atoms with Gasteiger partial charge in [0.15, 0.2) is 0 Å². The Morgan fingerprint density at radius 2 is 2.15 bits per heavy atom. The highest BCUT2D eigenvalue weighted by Crippen LogP contribution is 2.18. The standard InChI is InChI=1S/C11H19FO/c1-4-10(8-11(12)5-2)9(3)6-7-13/h4,8-9,13H,5-7H2,1-3H3. The van der Waals surface area contributed by atoms with Crippen molar-refractivity contribution in [2.24, 2.45) is 5.92 Å². The Labute approximate surface area is 80.0 Å².